The molecule has 0 bridgehead atoms. The van der Waals surface area contributed by atoms with Crippen molar-refractivity contribution in [2.45, 2.75) is 33.2 Å². The fourth-order valence-corrected chi connectivity index (χ4v) is 3.39. The summed E-state index contributed by atoms with van der Waals surface area (Å²) >= 11 is 1.66. The van der Waals surface area contributed by atoms with Gasteiger partial charge in [0.25, 0.3) is 0 Å². The van der Waals surface area contributed by atoms with Crippen LogP contribution in [0.3, 0.4) is 0 Å². The van der Waals surface area contributed by atoms with Gasteiger partial charge in [-0.05, 0) is 18.4 Å². The van der Waals surface area contributed by atoms with Gasteiger partial charge in [0.2, 0.25) is 0 Å². The Balaban J connectivity index is 2.13. The van der Waals surface area contributed by atoms with Crippen LogP contribution in [0.5, 0.6) is 0 Å². The number of aryl methyl sites for hydroxylation is 1. The van der Waals surface area contributed by atoms with Gasteiger partial charge in [0, 0.05) is 23.2 Å². The number of thiazole rings is 1. The lowest BCUT2D eigenvalue weighted by Gasteiger charge is -2.07. The Morgan fingerprint density at radius 2 is 1.95 bits per heavy atom. The van der Waals surface area contributed by atoms with Crippen LogP contribution in [-0.2, 0) is 6.54 Å². The van der Waals surface area contributed by atoms with Crippen LogP contribution in [-0.4, -0.2) is 9.38 Å². The maximum absolute atomic E-state index is 5.95. The molecule has 2 aromatic heterocycles. The van der Waals surface area contributed by atoms with E-state index in [1.807, 2.05) is 0 Å². The number of fused-ring (bicyclic) bond motifs is 1. The average molecular weight is 285 g/mol. The molecule has 0 unspecified atom stereocenters. The Morgan fingerprint density at radius 1 is 1.25 bits per heavy atom. The van der Waals surface area contributed by atoms with Crippen LogP contribution in [0.2, 0.25) is 0 Å². The molecule has 0 aliphatic carbocycles. The molecule has 3 aromatic rings. The largest absolute Gasteiger partial charge is 0.325 e. The summed E-state index contributed by atoms with van der Waals surface area (Å²) in [7, 11) is 0. The third kappa shape index (κ3) is 2.05. The van der Waals surface area contributed by atoms with Crippen molar-refractivity contribution in [2.75, 3.05) is 0 Å². The Bertz CT molecular complexity index is 735. The molecule has 20 heavy (non-hydrogen) atoms. The van der Waals surface area contributed by atoms with Crippen molar-refractivity contribution in [1.29, 1.82) is 0 Å². The first-order valence-electron chi connectivity index (χ1n) is 6.87. The van der Waals surface area contributed by atoms with Gasteiger partial charge in [-0.15, -0.1) is 11.3 Å². The lowest BCUT2D eigenvalue weighted by Crippen LogP contribution is -2.03. The lowest BCUT2D eigenvalue weighted by atomic mass is 10.0. The summed E-state index contributed by atoms with van der Waals surface area (Å²) in [5.74, 6) is 0.547. The Hall–Kier alpha value is -1.65. The van der Waals surface area contributed by atoms with Gasteiger partial charge < -0.3 is 5.73 Å². The maximum atomic E-state index is 5.95. The molecule has 4 heteroatoms. The predicted octanol–water partition coefficient (Wildman–Crippen LogP) is 3.95. The zero-order chi connectivity index (χ0) is 14.3. The highest BCUT2D eigenvalue weighted by Gasteiger charge is 2.15. The number of aromatic nitrogens is 2. The van der Waals surface area contributed by atoms with Crippen LogP contribution in [0.1, 0.15) is 36.7 Å². The molecule has 0 saturated heterocycles. The topological polar surface area (TPSA) is 43.3 Å². The van der Waals surface area contributed by atoms with E-state index in [4.69, 9.17) is 10.7 Å². The van der Waals surface area contributed by atoms with Crippen LogP contribution in [0.15, 0.2) is 29.6 Å². The van der Waals surface area contributed by atoms with E-state index in [2.05, 4.69) is 54.8 Å². The number of benzene rings is 1. The highest BCUT2D eigenvalue weighted by Crippen LogP contribution is 2.29. The number of imidazole rings is 1. The van der Waals surface area contributed by atoms with Crippen LogP contribution in [0, 0.1) is 6.92 Å². The first-order chi connectivity index (χ1) is 9.61. The van der Waals surface area contributed by atoms with E-state index in [1.54, 1.807) is 11.3 Å². The third-order valence-corrected chi connectivity index (χ3v) is 4.62. The molecule has 0 atom stereocenters. The van der Waals surface area contributed by atoms with Crippen molar-refractivity contribution < 1.29 is 0 Å². The summed E-state index contributed by atoms with van der Waals surface area (Å²) in [6.45, 7) is 7.00. The SMILES string of the molecule is Cc1csc2nc(-c3ccc(C(C)C)cc3)c(CN)n12. The molecule has 0 radical (unpaired) electrons. The normalized spacial score (nSPS) is 11.7. The van der Waals surface area contributed by atoms with Crippen molar-refractivity contribution >= 4 is 16.3 Å². The Morgan fingerprint density at radius 3 is 2.55 bits per heavy atom. The second-order valence-corrected chi connectivity index (χ2v) is 6.22. The average Bonchev–Trinajstić information content (AvgIpc) is 2.99. The van der Waals surface area contributed by atoms with Crippen molar-refractivity contribution in [3.05, 3.63) is 46.6 Å². The number of hydrogen-bond acceptors (Lipinski definition) is 3. The summed E-state index contributed by atoms with van der Waals surface area (Å²) in [5, 5.41) is 2.12. The van der Waals surface area contributed by atoms with Crippen molar-refractivity contribution in [2.24, 2.45) is 5.73 Å². The number of hydrogen-bond donors (Lipinski definition) is 1. The zero-order valence-electron chi connectivity index (χ0n) is 12.1. The van der Waals surface area contributed by atoms with Crippen LogP contribution >= 0.6 is 11.3 Å². The number of nitrogens with two attached hydrogens (primary N) is 1. The van der Waals surface area contributed by atoms with Gasteiger partial charge in [0.15, 0.2) is 4.96 Å². The quantitative estimate of drug-likeness (QED) is 0.791. The summed E-state index contributed by atoms with van der Waals surface area (Å²) in [5.41, 5.74) is 11.7. The molecule has 1 aromatic carbocycles. The van der Waals surface area contributed by atoms with E-state index in [0.29, 0.717) is 12.5 Å². The van der Waals surface area contributed by atoms with Crippen molar-refractivity contribution in [3.8, 4) is 11.3 Å². The first-order valence-corrected chi connectivity index (χ1v) is 7.75. The second kappa shape index (κ2) is 5.04. The fraction of sp³-hybridized carbons (Fsp3) is 0.312. The van der Waals surface area contributed by atoms with Gasteiger partial charge in [-0.25, -0.2) is 4.98 Å². The van der Waals surface area contributed by atoms with E-state index < -0.39 is 0 Å². The molecular weight excluding hydrogens is 266 g/mol. The van der Waals surface area contributed by atoms with Crippen LogP contribution in [0.25, 0.3) is 16.2 Å². The highest BCUT2D eigenvalue weighted by atomic mass is 32.1. The smallest absolute Gasteiger partial charge is 0.194 e. The molecule has 3 nitrogen and oxygen atoms in total. The molecule has 2 N–H and O–H groups in total. The molecule has 0 amide bonds. The third-order valence-electron chi connectivity index (χ3n) is 3.67. The number of nitrogens with zero attached hydrogens (tertiary/aromatic N) is 2. The minimum Gasteiger partial charge on any atom is -0.325 e. The summed E-state index contributed by atoms with van der Waals surface area (Å²) in [6.07, 6.45) is 0. The standard InChI is InChI=1S/C16H19N3S/c1-10(2)12-4-6-13(7-5-12)15-14(8-17)19-11(3)9-20-16(19)18-15/h4-7,9-10H,8,17H2,1-3H3. The second-order valence-electron chi connectivity index (χ2n) is 5.38. The minimum atomic E-state index is 0.500. The van der Waals surface area contributed by atoms with Gasteiger partial charge in [-0.2, -0.15) is 0 Å². The molecule has 0 aliphatic heterocycles. The van der Waals surface area contributed by atoms with E-state index in [9.17, 15) is 0 Å². The van der Waals surface area contributed by atoms with Crippen LogP contribution < -0.4 is 5.73 Å². The first kappa shape index (κ1) is 13.3. The molecule has 0 fully saturated rings. The van der Waals surface area contributed by atoms with E-state index in [-0.39, 0.29) is 0 Å². The molecular formula is C16H19N3S. The van der Waals surface area contributed by atoms with Gasteiger partial charge in [0.05, 0.1) is 11.4 Å². The van der Waals surface area contributed by atoms with Gasteiger partial charge >= 0.3 is 0 Å². The van der Waals surface area contributed by atoms with Crippen molar-refractivity contribution in [1.82, 2.24) is 9.38 Å². The van der Waals surface area contributed by atoms with Gasteiger partial charge in [-0.3, -0.25) is 4.40 Å². The zero-order valence-corrected chi connectivity index (χ0v) is 12.9. The molecule has 0 aliphatic rings. The summed E-state index contributed by atoms with van der Waals surface area (Å²) in [4.78, 5) is 5.77. The monoisotopic (exact) mass is 285 g/mol. The summed E-state index contributed by atoms with van der Waals surface area (Å²) in [6, 6.07) is 8.66. The fourth-order valence-electron chi connectivity index (χ4n) is 2.51. The Kier molecular flexibility index (Phi) is 3.36. The summed E-state index contributed by atoms with van der Waals surface area (Å²) < 4.78 is 2.16. The molecule has 2 heterocycles. The molecule has 0 spiro atoms. The number of rotatable bonds is 3. The van der Waals surface area contributed by atoms with Gasteiger partial charge in [-0.1, -0.05) is 38.1 Å². The van der Waals surface area contributed by atoms with Crippen molar-refractivity contribution in [3.63, 3.8) is 0 Å². The predicted molar refractivity (Wildman–Crippen MR) is 85.2 cm³/mol. The van der Waals surface area contributed by atoms with E-state index >= 15 is 0 Å². The van der Waals surface area contributed by atoms with Crippen LogP contribution in [0.4, 0.5) is 0 Å². The highest BCUT2D eigenvalue weighted by molar-refractivity contribution is 7.15. The maximum Gasteiger partial charge on any atom is 0.194 e. The minimum absolute atomic E-state index is 0.500. The van der Waals surface area contributed by atoms with E-state index in [1.165, 1.54) is 11.3 Å². The molecule has 3 rings (SSSR count). The van der Waals surface area contributed by atoms with E-state index in [0.717, 1.165) is 21.9 Å². The lowest BCUT2D eigenvalue weighted by molar-refractivity contribution is 0.867. The van der Waals surface area contributed by atoms with Gasteiger partial charge in [0.1, 0.15) is 0 Å². The Labute approximate surface area is 123 Å². The molecule has 0 saturated carbocycles. The molecule has 104 valence electrons.